The highest BCUT2D eigenvalue weighted by Gasteiger charge is 2.26. The smallest absolute Gasteiger partial charge is 0.330 e. The fourth-order valence-corrected chi connectivity index (χ4v) is 5.64. The van der Waals surface area contributed by atoms with E-state index in [1.54, 1.807) is 17.8 Å². The van der Waals surface area contributed by atoms with Gasteiger partial charge in [-0.2, -0.15) is 4.98 Å². The number of aryl methyl sites for hydroxylation is 1. The number of aromatic nitrogens is 4. The number of amides is 1. The Morgan fingerprint density at radius 2 is 1.83 bits per heavy atom. The third-order valence-electron chi connectivity index (χ3n) is 7.67. The fourth-order valence-electron chi connectivity index (χ4n) is 5.64. The highest BCUT2D eigenvalue weighted by atomic mass is 16.6. The van der Waals surface area contributed by atoms with Crippen molar-refractivity contribution in [3.63, 3.8) is 0 Å². The van der Waals surface area contributed by atoms with E-state index in [4.69, 9.17) is 14.5 Å². The van der Waals surface area contributed by atoms with Crippen LogP contribution in [-0.2, 0) is 18.3 Å². The van der Waals surface area contributed by atoms with Crippen LogP contribution in [-0.4, -0.2) is 62.3 Å². The molecule has 0 atom stereocenters. The molecule has 1 aromatic carbocycles. The molecule has 36 heavy (non-hydrogen) atoms. The van der Waals surface area contributed by atoms with Gasteiger partial charge in [-0.1, -0.05) is 18.9 Å². The number of fused-ring (bicyclic) bond motifs is 2. The van der Waals surface area contributed by atoms with Gasteiger partial charge in [0, 0.05) is 32.2 Å². The molecular weight excluding hydrogens is 460 g/mol. The van der Waals surface area contributed by atoms with Crippen molar-refractivity contribution < 1.29 is 14.3 Å². The van der Waals surface area contributed by atoms with Crippen LogP contribution in [0.25, 0.3) is 11.2 Å². The summed E-state index contributed by atoms with van der Waals surface area (Å²) in [4.78, 5) is 37.0. The third-order valence-corrected chi connectivity index (χ3v) is 7.67. The monoisotopic (exact) mass is 492 g/mol. The molecule has 2 aliphatic heterocycles. The molecule has 1 saturated carbocycles. The Kier molecular flexibility index (Phi) is 6.02. The minimum atomic E-state index is -0.0202. The maximum atomic E-state index is 12.9. The minimum Gasteiger partial charge on any atom is -0.486 e. The zero-order valence-corrected chi connectivity index (χ0v) is 20.6. The first kappa shape index (κ1) is 22.9. The molecule has 2 fully saturated rings. The number of nitrogens with zero attached hydrogens (tertiary/aromatic N) is 5. The van der Waals surface area contributed by atoms with Crippen LogP contribution in [0, 0.1) is 0 Å². The summed E-state index contributed by atoms with van der Waals surface area (Å²) in [6, 6.07) is 6.11. The van der Waals surface area contributed by atoms with Crippen LogP contribution >= 0.6 is 0 Å². The van der Waals surface area contributed by atoms with E-state index in [2.05, 4.69) is 10.3 Å². The molecule has 1 N–H and O–H groups in total. The van der Waals surface area contributed by atoms with Crippen molar-refractivity contribution in [2.45, 2.75) is 57.0 Å². The summed E-state index contributed by atoms with van der Waals surface area (Å²) in [5, 5.41) is 3.45. The number of hydrogen-bond donors (Lipinski definition) is 1. The predicted molar refractivity (Wildman–Crippen MR) is 135 cm³/mol. The molecule has 1 amide bonds. The first-order valence-electron chi connectivity index (χ1n) is 12.9. The van der Waals surface area contributed by atoms with Gasteiger partial charge < -0.3 is 19.7 Å². The number of hydrogen-bond acceptors (Lipinski definition) is 7. The molecule has 1 saturated heterocycles. The van der Waals surface area contributed by atoms with E-state index in [9.17, 15) is 9.59 Å². The summed E-state index contributed by atoms with van der Waals surface area (Å²) in [7, 11) is 1.78. The van der Waals surface area contributed by atoms with Crippen molar-refractivity contribution in [3.05, 3.63) is 40.4 Å². The molecule has 1 aliphatic carbocycles. The van der Waals surface area contributed by atoms with Gasteiger partial charge in [-0.3, -0.25) is 13.9 Å². The Balaban J connectivity index is 1.09. The molecule has 3 aromatic rings. The number of likely N-dealkylation sites (tertiary alicyclic amines) is 1. The van der Waals surface area contributed by atoms with Crippen LogP contribution < -0.4 is 20.5 Å². The molecule has 0 unspecified atom stereocenters. The Morgan fingerprint density at radius 3 is 2.61 bits per heavy atom. The minimum absolute atomic E-state index is 0.0202. The van der Waals surface area contributed by atoms with E-state index in [1.807, 2.05) is 27.7 Å². The van der Waals surface area contributed by atoms with Gasteiger partial charge in [-0.15, -0.1) is 0 Å². The lowest BCUT2D eigenvalue weighted by molar-refractivity contribution is -0.131. The average Bonchev–Trinajstić information content (AvgIpc) is 3.51. The Labute approximate surface area is 209 Å². The standard InChI is InChI=1S/C26H32N6O4/c1-30-20-16-27-25(29-24(20)32(26(30)34)19-4-2-3-5-19)28-18-8-10-31(11-9-18)23(33)15-17-6-7-21-22(14-17)36-13-12-35-21/h6-7,14,16,18-19H,2-5,8-13,15H2,1H3,(H,27,28,29). The molecule has 3 aliphatic rings. The second-order valence-electron chi connectivity index (χ2n) is 10.0. The van der Waals surface area contributed by atoms with E-state index in [0.29, 0.717) is 50.1 Å². The van der Waals surface area contributed by atoms with E-state index in [1.165, 1.54) is 0 Å². The van der Waals surface area contributed by atoms with E-state index < -0.39 is 0 Å². The lowest BCUT2D eigenvalue weighted by Crippen LogP contribution is -2.43. The Morgan fingerprint density at radius 1 is 1.08 bits per heavy atom. The van der Waals surface area contributed by atoms with Crippen LogP contribution in [0.5, 0.6) is 11.5 Å². The van der Waals surface area contributed by atoms with Crippen molar-refractivity contribution in [2.75, 3.05) is 31.6 Å². The number of rotatable bonds is 5. The number of imidazole rings is 1. The largest absolute Gasteiger partial charge is 0.486 e. The lowest BCUT2D eigenvalue weighted by Gasteiger charge is -2.32. The van der Waals surface area contributed by atoms with E-state index in [0.717, 1.165) is 55.4 Å². The molecule has 2 aromatic heterocycles. The Bertz CT molecular complexity index is 1330. The summed E-state index contributed by atoms with van der Waals surface area (Å²) in [6.07, 6.45) is 8.06. The summed E-state index contributed by atoms with van der Waals surface area (Å²) in [5.74, 6) is 2.11. The van der Waals surface area contributed by atoms with Gasteiger partial charge in [-0.25, -0.2) is 9.78 Å². The highest BCUT2D eigenvalue weighted by Crippen LogP contribution is 2.32. The van der Waals surface area contributed by atoms with Gasteiger partial charge in [0.2, 0.25) is 11.9 Å². The summed E-state index contributed by atoms with van der Waals surface area (Å²) in [6.45, 7) is 2.45. The maximum Gasteiger partial charge on any atom is 0.330 e. The second-order valence-corrected chi connectivity index (χ2v) is 10.0. The molecule has 0 radical (unpaired) electrons. The number of carbonyl (C=O) groups excluding carboxylic acids is 1. The van der Waals surface area contributed by atoms with Crippen LogP contribution in [0.4, 0.5) is 5.95 Å². The van der Waals surface area contributed by atoms with Crippen molar-refractivity contribution >= 4 is 23.0 Å². The van der Waals surface area contributed by atoms with Crippen molar-refractivity contribution in [2.24, 2.45) is 7.05 Å². The second kappa shape index (κ2) is 9.48. The normalized spacial score (nSPS) is 18.6. The molecule has 6 rings (SSSR count). The van der Waals surface area contributed by atoms with Gasteiger partial charge in [-0.05, 0) is 43.4 Å². The van der Waals surface area contributed by atoms with E-state index >= 15 is 0 Å². The molecule has 4 heterocycles. The quantitative estimate of drug-likeness (QED) is 0.584. The zero-order chi connectivity index (χ0) is 24.6. The zero-order valence-electron chi connectivity index (χ0n) is 20.6. The van der Waals surface area contributed by atoms with Crippen LogP contribution in [0.15, 0.2) is 29.2 Å². The number of piperidine rings is 1. The van der Waals surface area contributed by atoms with Gasteiger partial charge in [0.15, 0.2) is 17.1 Å². The van der Waals surface area contributed by atoms with Crippen LogP contribution in [0.1, 0.15) is 50.1 Å². The number of carbonyl (C=O) groups is 1. The third kappa shape index (κ3) is 4.29. The lowest BCUT2D eigenvalue weighted by atomic mass is 10.0. The first-order chi connectivity index (χ1) is 17.6. The average molecular weight is 493 g/mol. The first-order valence-corrected chi connectivity index (χ1v) is 12.9. The molecule has 190 valence electrons. The number of anilines is 1. The Hall–Kier alpha value is -3.56. The highest BCUT2D eigenvalue weighted by molar-refractivity contribution is 5.79. The molecule has 0 spiro atoms. The molecular formula is C26H32N6O4. The summed E-state index contributed by atoms with van der Waals surface area (Å²) < 4.78 is 14.7. The topological polar surface area (TPSA) is 104 Å². The molecule has 0 bridgehead atoms. The SMILES string of the molecule is Cn1c(=O)n(C2CCCC2)c2nc(NC3CCN(C(=O)Cc4ccc5c(c4)OCCO5)CC3)ncc21. The van der Waals surface area contributed by atoms with E-state index in [-0.39, 0.29) is 23.7 Å². The van der Waals surface area contributed by atoms with Crippen molar-refractivity contribution in [1.82, 2.24) is 24.0 Å². The van der Waals surface area contributed by atoms with Gasteiger partial charge >= 0.3 is 5.69 Å². The number of nitrogens with one attached hydrogen (secondary N) is 1. The van der Waals surface area contributed by atoms with Crippen molar-refractivity contribution in [1.29, 1.82) is 0 Å². The van der Waals surface area contributed by atoms with Gasteiger partial charge in [0.25, 0.3) is 0 Å². The van der Waals surface area contributed by atoms with Gasteiger partial charge in [0.05, 0.1) is 12.6 Å². The number of benzene rings is 1. The molecule has 10 heteroatoms. The van der Waals surface area contributed by atoms with Crippen LogP contribution in [0.3, 0.4) is 0 Å². The predicted octanol–water partition coefficient (Wildman–Crippen LogP) is 2.66. The van der Waals surface area contributed by atoms with Crippen LogP contribution in [0.2, 0.25) is 0 Å². The fraction of sp³-hybridized carbons (Fsp3) is 0.538. The maximum absolute atomic E-state index is 12.9. The summed E-state index contributed by atoms with van der Waals surface area (Å²) in [5.41, 5.74) is 2.38. The molecule has 10 nitrogen and oxygen atoms in total. The van der Waals surface area contributed by atoms with Crippen molar-refractivity contribution in [3.8, 4) is 11.5 Å². The van der Waals surface area contributed by atoms with Gasteiger partial charge in [0.1, 0.15) is 18.7 Å². The number of ether oxygens (including phenoxy) is 2. The summed E-state index contributed by atoms with van der Waals surface area (Å²) >= 11 is 0.